The van der Waals surface area contributed by atoms with E-state index in [1.807, 2.05) is 48.5 Å². The molecule has 3 aromatic carbocycles. The van der Waals surface area contributed by atoms with E-state index in [0.29, 0.717) is 23.7 Å². The molecule has 6 heteroatoms. The third-order valence-electron chi connectivity index (χ3n) is 4.77. The molecule has 4 rings (SSSR count). The average Bonchev–Trinajstić information content (AvgIpc) is 2.79. The number of carbonyl (C=O) groups excluding carboxylic acids is 1. The second-order valence-corrected chi connectivity index (χ2v) is 6.70. The van der Waals surface area contributed by atoms with Crippen LogP contribution in [-0.4, -0.2) is 18.0 Å². The molecule has 0 aliphatic heterocycles. The number of nitrogens with zero attached hydrogens (tertiary/aromatic N) is 1. The van der Waals surface area contributed by atoms with Gasteiger partial charge in [0.25, 0.3) is 5.91 Å². The van der Waals surface area contributed by atoms with Crippen molar-refractivity contribution in [1.29, 1.82) is 0 Å². The molecule has 0 saturated carbocycles. The summed E-state index contributed by atoms with van der Waals surface area (Å²) in [6.45, 7) is 0.300. The molecule has 0 saturated heterocycles. The molecule has 1 amide bonds. The highest BCUT2D eigenvalue weighted by molar-refractivity contribution is 6.09. The minimum absolute atomic E-state index is 0.244. The fourth-order valence-electron chi connectivity index (χ4n) is 3.23. The molecule has 5 nitrogen and oxygen atoms in total. The van der Waals surface area contributed by atoms with Gasteiger partial charge in [0, 0.05) is 18.1 Å². The van der Waals surface area contributed by atoms with Gasteiger partial charge in [-0.05, 0) is 35.2 Å². The van der Waals surface area contributed by atoms with Gasteiger partial charge in [-0.3, -0.25) is 4.79 Å². The van der Waals surface area contributed by atoms with E-state index in [2.05, 4.69) is 15.6 Å². The number of hydrogen-bond donors (Lipinski definition) is 2. The van der Waals surface area contributed by atoms with Crippen LogP contribution in [0, 0.1) is 5.82 Å². The smallest absolute Gasteiger partial charge is 0.253 e. The SMILES string of the molecule is COc1ccccc1Nc1ncc(C(=O)NCc2ccc(F)cc2)c2ccccc12. The van der Waals surface area contributed by atoms with Crippen molar-refractivity contribution < 1.29 is 13.9 Å². The monoisotopic (exact) mass is 401 g/mol. The van der Waals surface area contributed by atoms with Gasteiger partial charge in [-0.2, -0.15) is 0 Å². The second kappa shape index (κ2) is 8.61. The summed E-state index contributed by atoms with van der Waals surface area (Å²) in [5.41, 5.74) is 2.07. The zero-order valence-corrected chi connectivity index (χ0v) is 16.4. The van der Waals surface area contributed by atoms with E-state index >= 15 is 0 Å². The normalized spacial score (nSPS) is 10.6. The van der Waals surface area contributed by atoms with Crippen molar-refractivity contribution in [3.05, 3.63) is 95.9 Å². The van der Waals surface area contributed by atoms with E-state index in [0.717, 1.165) is 22.0 Å². The number of ether oxygens (including phenoxy) is 1. The van der Waals surface area contributed by atoms with Crippen LogP contribution in [0.2, 0.25) is 0 Å². The standard InChI is InChI=1S/C24H20FN3O2/c1-30-22-9-5-4-8-21(22)28-23-19-7-3-2-6-18(19)20(15-26-23)24(29)27-14-16-10-12-17(25)13-11-16/h2-13,15H,14H2,1H3,(H,26,28)(H,27,29). The van der Waals surface area contributed by atoms with Gasteiger partial charge in [0.15, 0.2) is 0 Å². The molecule has 0 spiro atoms. The predicted octanol–water partition coefficient (Wildman–Crippen LogP) is 5.06. The van der Waals surface area contributed by atoms with Crippen molar-refractivity contribution in [2.75, 3.05) is 12.4 Å². The molecule has 0 radical (unpaired) electrons. The van der Waals surface area contributed by atoms with E-state index in [4.69, 9.17) is 4.74 Å². The molecule has 30 heavy (non-hydrogen) atoms. The van der Waals surface area contributed by atoms with Crippen molar-refractivity contribution in [2.24, 2.45) is 0 Å². The van der Waals surface area contributed by atoms with Gasteiger partial charge in [0.1, 0.15) is 17.4 Å². The number of para-hydroxylation sites is 2. The van der Waals surface area contributed by atoms with Gasteiger partial charge in [-0.25, -0.2) is 9.37 Å². The third kappa shape index (κ3) is 4.07. The summed E-state index contributed by atoms with van der Waals surface area (Å²) in [5.74, 6) is 0.778. The first-order valence-corrected chi connectivity index (χ1v) is 9.46. The molecule has 4 aromatic rings. The zero-order chi connectivity index (χ0) is 20.9. The van der Waals surface area contributed by atoms with E-state index in [-0.39, 0.29) is 11.7 Å². The van der Waals surface area contributed by atoms with Crippen LogP contribution in [0.15, 0.2) is 79.0 Å². The number of halogens is 1. The third-order valence-corrected chi connectivity index (χ3v) is 4.77. The summed E-state index contributed by atoms with van der Waals surface area (Å²) in [4.78, 5) is 17.3. The van der Waals surface area contributed by atoms with Crippen molar-refractivity contribution >= 4 is 28.2 Å². The van der Waals surface area contributed by atoms with Crippen molar-refractivity contribution in [2.45, 2.75) is 6.54 Å². The van der Waals surface area contributed by atoms with Crippen LogP contribution in [0.1, 0.15) is 15.9 Å². The number of pyridine rings is 1. The van der Waals surface area contributed by atoms with Gasteiger partial charge < -0.3 is 15.4 Å². The topological polar surface area (TPSA) is 63.2 Å². The quantitative estimate of drug-likeness (QED) is 0.474. The number of carbonyl (C=O) groups is 1. The molecule has 1 aromatic heterocycles. The van der Waals surface area contributed by atoms with Crippen molar-refractivity contribution in [3.63, 3.8) is 0 Å². The Bertz CT molecular complexity index is 1190. The lowest BCUT2D eigenvalue weighted by Gasteiger charge is -2.14. The Morgan fingerprint density at radius 1 is 0.967 bits per heavy atom. The fourth-order valence-corrected chi connectivity index (χ4v) is 3.23. The first-order chi connectivity index (χ1) is 14.7. The first kappa shape index (κ1) is 19.4. The average molecular weight is 401 g/mol. The Hall–Kier alpha value is -3.93. The molecule has 0 fully saturated rings. The van der Waals surface area contributed by atoms with E-state index in [1.165, 1.54) is 12.1 Å². The highest BCUT2D eigenvalue weighted by Crippen LogP contribution is 2.31. The van der Waals surface area contributed by atoms with Gasteiger partial charge in [-0.1, -0.05) is 48.5 Å². The van der Waals surface area contributed by atoms with Crippen LogP contribution in [-0.2, 0) is 6.54 Å². The number of anilines is 2. The van der Waals surface area contributed by atoms with Crippen LogP contribution < -0.4 is 15.4 Å². The van der Waals surface area contributed by atoms with Crippen molar-refractivity contribution in [1.82, 2.24) is 10.3 Å². The van der Waals surface area contributed by atoms with E-state index in [9.17, 15) is 9.18 Å². The molecule has 150 valence electrons. The Labute approximate surface area is 173 Å². The van der Waals surface area contributed by atoms with Gasteiger partial charge >= 0.3 is 0 Å². The lowest BCUT2D eigenvalue weighted by atomic mass is 10.1. The van der Waals surface area contributed by atoms with Gasteiger partial charge in [-0.15, -0.1) is 0 Å². The zero-order valence-electron chi connectivity index (χ0n) is 16.4. The van der Waals surface area contributed by atoms with Crippen LogP contribution in [0.25, 0.3) is 10.8 Å². The maximum absolute atomic E-state index is 13.1. The van der Waals surface area contributed by atoms with Crippen LogP contribution >= 0.6 is 0 Å². The minimum Gasteiger partial charge on any atom is -0.495 e. The van der Waals surface area contributed by atoms with E-state index in [1.54, 1.807) is 25.4 Å². The largest absolute Gasteiger partial charge is 0.495 e. The fraction of sp³-hybridized carbons (Fsp3) is 0.0833. The Kier molecular flexibility index (Phi) is 5.57. The maximum atomic E-state index is 13.1. The molecule has 0 bridgehead atoms. The van der Waals surface area contributed by atoms with Crippen LogP contribution in [0.5, 0.6) is 5.75 Å². The number of fused-ring (bicyclic) bond motifs is 1. The molecule has 0 unspecified atom stereocenters. The number of rotatable bonds is 6. The lowest BCUT2D eigenvalue weighted by molar-refractivity contribution is 0.0952. The summed E-state index contributed by atoms with van der Waals surface area (Å²) in [5, 5.41) is 7.76. The molecule has 1 heterocycles. The number of amides is 1. The van der Waals surface area contributed by atoms with Gasteiger partial charge in [0.2, 0.25) is 0 Å². The molecule has 0 aliphatic carbocycles. The minimum atomic E-state index is -0.307. The predicted molar refractivity (Wildman–Crippen MR) is 116 cm³/mol. The Balaban J connectivity index is 1.61. The van der Waals surface area contributed by atoms with E-state index < -0.39 is 0 Å². The molecular weight excluding hydrogens is 381 g/mol. The van der Waals surface area contributed by atoms with Crippen LogP contribution in [0.3, 0.4) is 0 Å². The number of methoxy groups -OCH3 is 1. The number of aromatic nitrogens is 1. The second-order valence-electron chi connectivity index (χ2n) is 6.70. The molecular formula is C24H20FN3O2. The van der Waals surface area contributed by atoms with Crippen molar-refractivity contribution in [3.8, 4) is 5.75 Å². The summed E-state index contributed by atoms with van der Waals surface area (Å²) in [7, 11) is 1.61. The summed E-state index contributed by atoms with van der Waals surface area (Å²) in [6, 6.07) is 21.2. The maximum Gasteiger partial charge on any atom is 0.253 e. The summed E-state index contributed by atoms with van der Waals surface area (Å²) < 4.78 is 18.5. The molecule has 0 atom stereocenters. The number of nitrogens with one attached hydrogen (secondary N) is 2. The van der Waals surface area contributed by atoms with Gasteiger partial charge in [0.05, 0.1) is 18.4 Å². The summed E-state index contributed by atoms with van der Waals surface area (Å²) >= 11 is 0. The lowest BCUT2D eigenvalue weighted by Crippen LogP contribution is -2.23. The Morgan fingerprint density at radius 2 is 1.67 bits per heavy atom. The highest BCUT2D eigenvalue weighted by atomic mass is 19.1. The number of benzene rings is 3. The Morgan fingerprint density at radius 3 is 2.43 bits per heavy atom. The first-order valence-electron chi connectivity index (χ1n) is 9.46. The summed E-state index contributed by atoms with van der Waals surface area (Å²) in [6.07, 6.45) is 1.56. The highest BCUT2D eigenvalue weighted by Gasteiger charge is 2.14. The number of hydrogen-bond acceptors (Lipinski definition) is 4. The molecule has 0 aliphatic rings. The molecule has 2 N–H and O–H groups in total. The van der Waals surface area contributed by atoms with Crippen LogP contribution in [0.4, 0.5) is 15.9 Å².